The number of furan rings is 1. The molecule has 0 fully saturated rings. The fraction of sp³-hybridized carbons (Fsp3) is 0.556. The first-order chi connectivity index (χ1) is 5.33. The second-order valence-electron chi connectivity index (χ2n) is 2.73. The zero-order valence-corrected chi connectivity index (χ0v) is 6.79. The topological polar surface area (TPSA) is 33.4 Å². The quantitative estimate of drug-likeness (QED) is 0.719. The van der Waals surface area contributed by atoms with Crippen LogP contribution in [-0.4, -0.2) is 11.2 Å². The van der Waals surface area contributed by atoms with Crippen LogP contribution in [0.5, 0.6) is 0 Å². The Labute approximate surface area is 66.8 Å². The number of hydrogen-bond donors (Lipinski definition) is 1. The molecule has 1 N–H and O–H groups in total. The molecule has 0 saturated carbocycles. The van der Waals surface area contributed by atoms with Gasteiger partial charge in [-0.3, -0.25) is 0 Å². The SMILES string of the molecule is CCC[C@H](O)Cc1ccco1. The third-order valence-corrected chi connectivity index (χ3v) is 1.64. The van der Waals surface area contributed by atoms with Crippen LogP contribution in [0.25, 0.3) is 0 Å². The van der Waals surface area contributed by atoms with E-state index in [9.17, 15) is 5.11 Å². The zero-order chi connectivity index (χ0) is 8.10. The summed E-state index contributed by atoms with van der Waals surface area (Å²) in [5, 5.41) is 9.36. The van der Waals surface area contributed by atoms with Crippen molar-refractivity contribution in [1.82, 2.24) is 0 Å². The molecule has 62 valence electrons. The summed E-state index contributed by atoms with van der Waals surface area (Å²) >= 11 is 0. The van der Waals surface area contributed by atoms with Gasteiger partial charge in [0.1, 0.15) is 5.76 Å². The minimum Gasteiger partial charge on any atom is -0.469 e. The predicted molar refractivity (Wildman–Crippen MR) is 43.3 cm³/mol. The molecule has 0 saturated heterocycles. The summed E-state index contributed by atoms with van der Waals surface area (Å²) in [4.78, 5) is 0. The van der Waals surface area contributed by atoms with Gasteiger partial charge in [0.2, 0.25) is 0 Å². The highest BCUT2D eigenvalue weighted by molar-refractivity contribution is 4.99. The molecule has 2 heteroatoms. The first kappa shape index (κ1) is 8.34. The smallest absolute Gasteiger partial charge is 0.106 e. The second kappa shape index (κ2) is 4.19. The van der Waals surface area contributed by atoms with Crippen LogP contribution < -0.4 is 0 Å². The molecule has 0 unspecified atom stereocenters. The molecule has 0 bridgehead atoms. The lowest BCUT2D eigenvalue weighted by atomic mass is 10.1. The Balaban J connectivity index is 2.31. The Morgan fingerprint density at radius 1 is 1.64 bits per heavy atom. The molecule has 1 aromatic heterocycles. The lowest BCUT2D eigenvalue weighted by Crippen LogP contribution is -2.08. The van der Waals surface area contributed by atoms with Gasteiger partial charge in [0.25, 0.3) is 0 Å². The van der Waals surface area contributed by atoms with E-state index in [4.69, 9.17) is 4.42 Å². The molecular weight excluding hydrogens is 140 g/mol. The summed E-state index contributed by atoms with van der Waals surface area (Å²) in [7, 11) is 0. The Bertz CT molecular complexity index is 179. The molecule has 0 radical (unpaired) electrons. The Kier molecular flexibility index (Phi) is 3.17. The Morgan fingerprint density at radius 3 is 3.00 bits per heavy atom. The molecule has 0 amide bonds. The van der Waals surface area contributed by atoms with Crippen molar-refractivity contribution in [3.8, 4) is 0 Å². The lowest BCUT2D eigenvalue weighted by molar-refractivity contribution is 0.157. The Morgan fingerprint density at radius 2 is 2.45 bits per heavy atom. The van der Waals surface area contributed by atoms with E-state index in [1.54, 1.807) is 6.26 Å². The molecule has 0 aliphatic rings. The van der Waals surface area contributed by atoms with Crippen molar-refractivity contribution in [2.24, 2.45) is 0 Å². The van der Waals surface area contributed by atoms with Crippen LogP contribution in [0.15, 0.2) is 22.8 Å². The fourth-order valence-electron chi connectivity index (χ4n) is 1.10. The molecule has 0 spiro atoms. The third kappa shape index (κ3) is 2.76. The van der Waals surface area contributed by atoms with E-state index >= 15 is 0 Å². The molecular formula is C9H14O2. The van der Waals surface area contributed by atoms with Crippen LogP contribution in [0, 0.1) is 0 Å². The number of aliphatic hydroxyl groups is 1. The van der Waals surface area contributed by atoms with Crippen molar-refractivity contribution in [3.63, 3.8) is 0 Å². The predicted octanol–water partition coefficient (Wildman–Crippen LogP) is 1.98. The number of rotatable bonds is 4. The van der Waals surface area contributed by atoms with E-state index in [1.165, 1.54) is 0 Å². The van der Waals surface area contributed by atoms with Crippen LogP contribution in [-0.2, 0) is 6.42 Å². The van der Waals surface area contributed by atoms with E-state index < -0.39 is 0 Å². The highest BCUT2D eigenvalue weighted by atomic mass is 16.3. The highest BCUT2D eigenvalue weighted by Gasteiger charge is 2.05. The van der Waals surface area contributed by atoms with Crippen LogP contribution in [0.4, 0.5) is 0 Å². The summed E-state index contributed by atoms with van der Waals surface area (Å²) in [5.74, 6) is 0.867. The highest BCUT2D eigenvalue weighted by Crippen LogP contribution is 2.07. The van der Waals surface area contributed by atoms with Gasteiger partial charge in [-0.25, -0.2) is 0 Å². The summed E-state index contributed by atoms with van der Waals surface area (Å²) in [6, 6.07) is 3.73. The second-order valence-corrected chi connectivity index (χ2v) is 2.73. The zero-order valence-electron chi connectivity index (χ0n) is 6.79. The number of aliphatic hydroxyl groups excluding tert-OH is 1. The standard InChI is InChI=1S/C9H14O2/c1-2-4-8(10)7-9-5-3-6-11-9/h3,5-6,8,10H,2,4,7H2,1H3/t8-/m0/s1. The van der Waals surface area contributed by atoms with Crippen LogP contribution in [0.2, 0.25) is 0 Å². The summed E-state index contributed by atoms with van der Waals surface area (Å²) in [6.45, 7) is 2.06. The fourth-order valence-corrected chi connectivity index (χ4v) is 1.10. The van der Waals surface area contributed by atoms with Gasteiger partial charge in [-0.15, -0.1) is 0 Å². The van der Waals surface area contributed by atoms with Crippen LogP contribution in [0.1, 0.15) is 25.5 Å². The van der Waals surface area contributed by atoms with Gasteiger partial charge >= 0.3 is 0 Å². The van der Waals surface area contributed by atoms with Gasteiger partial charge in [-0.1, -0.05) is 13.3 Å². The third-order valence-electron chi connectivity index (χ3n) is 1.64. The van der Waals surface area contributed by atoms with Crippen molar-refractivity contribution in [2.45, 2.75) is 32.3 Å². The molecule has 0 aromatic carbocycles. The Hall–Kier alpha value is -0.760. The van der Waals surface area contributed by atoms with Gasteiger partial charge in [-0.2, -0.15) is 0 Å². The summed E-state index contributed by atoms with van der Waals surface area (Å²) in [5.41, 5.74) is 0. The molecule has 1 atom stereocenters. The van der Waals surface area contributed by atoms with Gasteiger partial charge < -0.3 is 9.52 Å². The van der Waals surface area contributed by atoms with Gasteiger partial charge in [0.15, 0.2) is 0 Å². The van der Waals surface area contributed by atoms with Crippen LogP contribution in [0.3, 0.4) is 0 Å². The average molecular weight is 154 g/mol. The molecule has 1 aromatic rings. The van der Waals surface area contributed by atoms with Gasteiger partial charge in [0, 0.05) is 6.42 Å². The van der Waals surface area contributed by atoms with Gasteiger partial charge in [-0.05, 0) is 18.6 Å². The normalized spacial score (nSPS) is 13.3. The van der Waals surface area contributed by atoms with E-state index in [1.807, 2.05) is 12.1 Å². The minimum atomic E-state index is -0.244. The van der Waals surface area contributed by atoms with Gasteiger partial charge in [0.05, 0.1) is 12.4 Å². The average Bonchev–Trinajstić information content (AvgIpc) is 2.40. The van der Waals surface area contributed by atoms with Crippen molar-refractivity contribution in [2.75, 3.05) is 0 Å². The maximum atomic E-state index is 9.36. The monoisotopic (exact) mass is 154 g/mol. The first-order valence-electron chi connectivity index (χ1n) is 4.03. The van der Waals surface area contributed by atoms with E-state index in [0.29, 0.717) is 6.42 Å². The molecule has 0 aliphatic heterocycles. The van der Waals surface area contributed by atoms with Crippen molar-refractivity contribution in [1.29, 1.82) is 0 Å². The maximum Gasteiger partial charge on any atom is 0.106 e. The number of hydrogen-bond acceptors (Lipinski definition) is 2. The molecule has 0 aliphatic carbocycles. The van der Waals surface area contributed by atoms with Crippen molar-refractivity contribution < 1.29 is 9.52 Å². The maximum absolute atomic E-state index is 9.36. The van der Waals surface area contributed by atoms with E-state index in [0.717, 1.165) is 18.6 Å². The molecule has 1 heterocycles. The van der Waals surface area contributed by atoms with Crippen LogP contribution >= 0.6 is 0 Å². The minimum absolute atomic E-state index is 0.244. The molecule has 1 rings (SSSR count). The summed E-state index contributed by atoms with van der Waals surface area (Å²) < 4.78 is 5.09. The van der Waals surface area contributed by atoms with Crippen molar-refractivity contribution >= 4 is 0 Å². The first-order valence-corrected chi connectivity index (χ1v) is 4.03. The molecule has 11 heavy (non-hydrogen) atoms. The van der Waals surface area contributed by atoms with Crippen molar-refractivity contribution in [3.05, 3.63) is 24.2 Å². The summed E-state index contributed by atoms with van der Waals surface area (Å²) in [6.07, 6.45) is 3.89. The van der Waals surface area contributed by atoms with E-state index in [-0.39, 0.29) is 6.10 Å². The lowest BCUT2D eigenvalue weighted by Gasteiger charge is -2.05. The molecule has 2 nitrogen and oxygen atoms in total. The largest absolute Gasteiger partial charge is 0.469 e. The van der Waals surface area contributed by atoms with E-state index in [2.05, 4.69) is 6.92 Å².